The van der Waals surface area contributed by atoms with Gasteiger partial charge >= 0.3 is 0 Å². The molecular weight excluding hydrogens is 368 g/mol. The van der Waals surface area contributed by atoms with Crippen molar-refractivity contribution in [2.45, 2.75) is 52.5 Å². The summed E-state index contributed by atoms with van der Waals surface area (Å²) < 4.78 is 16.8. The van der Waals surface area contributed by atoms with Gasteiger partial charge in [-0.2, -0.15) is 0 Å². The fraction of sp³-hybridized carbons (Fsp3) is 0.955. The number of nitrogens with zero attached hydrogens (tertiary/aromatic N) is 2. The first kappa shape index (κ1) is 24.4. The van der Waals surface area contributed by atoms with Crippen molar-refractivity contribution < 1.29 is 14.2 Å². The summed E-state index contributed by atoms with van der Waals surface area (Å²) >= 11 is 0. The topological polar surface area (TPSA) is 67.4 Å². The third kappa shape index (κ3) is 10.6. The maximum absolute atomic E-state index is 5.86. The summed E-state index contributed by atoms with van der Waals surface area (Å²) in [5.41, 5.74) is 0. The van der Waals surface area contributed by atoms with Gasteiger partial charge in [0.25, 0.3) is 0 Å². The molecule has 0 aliphatic carbocycles. The van der Waals surface area contributed by atoms with Gasteiger partial charge in [0.2, 0.25) is 0 Å². The van der Waals surface area contributed by atoms with Crippen LogP contribution in [0.5, 0.6) is 0 Å². The maximum atomic E-state index is 5.86. The summed E-state index contributed by atoms with van der Waals surface area (Å²) in [5, 5.41) is 6.84. The first-order valence-electron chi connectivity index (χ1n) is 11.7. The zero-order chi connectivity index (χ0) is 20.7. The van der Waals surface area contributed by atoms with Crippen molar-refractivity contribution in [1.29, 1.82) is 0 Å². The molecule has 7 heteroatoms. The predicted molar refractivity (Wildman–Crippen MR) is 119 cm³/mol. The summed E-state index contributed by atoms with van der Waals surface area (Å²) in [4.78, 5) is 7.43. The molecule has 0 spiro atoms. The highest BCUT2D eigenvalue weighted by atomic mass is 16.5. The van der Waals surface area contributed by atoms with Gasteiger partial charge in [-0.05, 0) is 44.4 Å². The molecule has 0 aromatic heterocycles. The Hall–Kier alpha value is -0.890. The SMILES string of the molecule is CCNC(=NCC(CC(C)C)N1CCOCC1)NCCCOCC1CCOCC1. The van der Waals surface area contributed by atoms with Crippen LogP contribution in [0.1, 0.15) is 46.5 Å². The van der Waals surface area contributed by atoms with Crippen molar-refractivity contribution in [3.63, 3.8) is 0 Å². The molecule has 0 amide bonds. The average molecular weight is 413 g/mol. The summed E-state index contributed by atoms with van der Waals surface area (Å²) in [6, 6.07) is 0.483. The minimum Gasteiger partial charge on any atom is -0.381 e. The molecule has 7 nitrogen and oxygen atoms in total. The van der Waals surface area contributed by atoms with Crippen LogP contribution in [-0.2, 0) is 14.2 Å². The van der Waals surface area contributed by atoms with Crippen LogP contribution < -0.4 is 10.6 Å². The minimum absolute atomic E-state index is 0.483. The van der Waals surface area contributed by atoms with Crippen molar-refractivity contribution >= 4 is 5.96 Å². The van der Waals surface area contributed by atoms with Gasteiger partial charge in [-0.15, -0.1) is 0 Å². The van der Waals surface area contributed by atoms with Crippen LogP contribution in [0, 0.1) is 11.8 Å². The summed E-state index contributed by atoms with van der Waals surface area (Å²) in [6.45, 7) is 16.4. The van der Waals surface area contributed by atoms with E-state index in [2.05, 4.69) is 36.3 Å². The predicted octanol–water partition coefficient (Wildman–Crippen LogP) is 2.12. The molecule has 2 fully saturated rings. The second-order valence-electron chi connectivity index (χ2n) is 8.56. The Morgan fingerprint density at radius 3 is 2.52 bits per heavy atom. The van der Waals surface area contributed by atoms with Crippen LogP contribution in [0.25, 0.3) is 0 Å². The zero-order valence-corrected chi connectivity index (χ0v) is 19.0. The summed E-state index contributed by atoms with van der Waals surface area (Å²) in [7, 11) is 0. The minimum atomic E-state index is 0.483. The number of hydrogen-bond acceptors (Lipinski definition) is 5. The van der Waals surface area contributed by atoms with Gasteiger partial charge in [0.1, 0.15) is 0 Å². The van der Waals surface area contributed by atoms with E-state index in [9.17, 15) is 0 Å². The Kier molecular flexibility index (Phi) is 12.6. The monoisotopic (exact) mass is 412 g/mol. The highest BCUT2D eigenvalue weighted by Crippen LogP contribution is 2.15. The van der Waals surface area contributed by atoms with Gasteiger partial charge < -0.3 is 24.8 Å². The van der Waals surface area contributed by atoms with Crippen LogP contribution in [0.2, 0.25) is 0 Å². The van der Waals surface area contributed by atoms with Crippen molar-refractivity contribution in [1.82, 2.24) is 15.5 Å². The molecule has 0 saturated carbocycles. The van der Waals surface area contributed by atoms with E-state index >= 15 is 0 Å². The van der Waals surface area contributed by atoms with E-state index in [0.29, 0.717) is 17.9 Å². The van der Waals surface area contributed by atoms with E-state index in [-0.39, 0.29) is 0 Å². The Morgan fingerprint density at radius 1 is 1.10 bits per heavy atom. The molecule has 1 atom stereocenters. The average Bonchev–Trinajstić information content (AvgIpc) is 2.74. The van der Waals surface area contributed by atoms with Gasteiger partial charge in [0.05, 0.1) is 19.8 Å². The third-order valence-electron chi connectivity index (χ3n) is 5.56. The highest BCUT2D eigenvalue weighted by molar-refractivity contribution is 5.79. The molecule has 0 aromatic rings. The van der Waals surface area contributed by atoms with Crippen LogP contribution in [0.3, 0.4) is 0 Å². The van der Waals surface area contributed by atoms with Gasteiger partial charge in [0, 0.05) is 58.6 Å². The zero-order valence-electron chi connectivity index (χ0n) is 19.0. The Bertz CT molecular complexity index is 436. The molecule has 2 heterocycles. The van der Waals surface area contributed by atoms with E-state index in [0.717, 1.165) is 97.6 Å². The van der Waals surface area contributed by atoms with Crippen molar-refractivity contribution in [2.75, 3.05) is 72.4 Å². The van der Waals surface area contributed by atoms with Crippen LogP contribution in [0.4, 0.5) is 0 Å². The Morgan fingerprint density at radius 2 is 1.83 bits per heavy atom. The standard InChI is InChI=1S/C22H44N4O3/c1-4-23-22(24-8-5-11-29-18-20-6-12-27-13-7-20)25-17-21(16-19(2)3)26-9-14-28-15-10-26/h19-21H,4-18H2,1-3H3,(H2,23,24,25). The fourth-order valence-corrected chi connectivity index (χ4v) is 3.91. The first-order valence-corrected chi connectivity index (χ1v) is 11.7. The van der Waals surface area contributed by atoms with Crippen LogP contribution in [-0.4, -0.2) is 89.3 Å². The third-order valence-corrected chi connectivity index (χ3v) is 5.56. The second kappa shape index (κ2) is 15.0. The lowest BCUT2D eigenvalue weighted by molar-refractivity contribution is 0.0143. The molecular formula is C22H44N4O3. The van der Waals surface area contributed by atoms with E-state index < -0.39 is 0 Å². The van der Waals surface area contributed by atoms with Crippen molar-refractivity contribution in [2.24, 2.45) is 16.8 Å². The number of aliphatic imine (C=N–C) groups is 1. The molecule has 0 radical (unpaired) electrons. The molecule has 2 aliphatic rings. The lowest BCUT2D eigenvalue weighted by atomic mass is 10.0. The Balaban J connectivity index is 1.69. The molecule has 2 saturated heterocycles. The van der Waals surface area contributed by atoms with Gasteiger partial charge in [-0.3, -0.25) is 9.89 Å². The van der Waals surface area contributed by atoms with E-state index in [4.69, 9.17) is 19.2 Å². The molecule has 0 bridgehead atoms. The first-order chi connectivity index (χ1) is 14.2. The normalized spacial score (nSPS) is 20.8. The molecule has 2 aliphatic heterocycles. The number of hydrogen-bond donors (Lipinski definition) is 2. The lowest BCUT2D eigenvalue weighted by Crippen LogP contribution is -2.46. The van der Waals surface area contributed by atoms with Crippen LogP contribution in [0.15, 0.2) is 4.99 Å². The van der Waals surface area contributed by atoms with Crippen molar-refractivity contribution in [3.05, 3.63) is 0 Å². The molecule has 29 heavy (non-hydrogen) atoms. The largest absolute Gasteiger partial charge is 0.381 e. The number of morpholine rings is 1. The van der Waals surface area contributed by atoms with Crippen LogP contribution >= 0.6 is 0 Å². The molecule has 0 aromatic carbocycles. The molecule has 2 rings (SSSR count). The maximum Gasteiger partial charge on any atom is 0.191 e. The van der Waals surface area contributed by atoms with Crippen molar-refractivity contribution in [3.8, 4) is 0 Å². The fourth-order valence-electron chi connectivity index (χ4n) is 3.91. The lowest BCUT2D eigenvalue weighted by Gasteiger charge is -2.34. The molecule has 2 N–H and O–H groups in total. The van der Waals surface area contributed by atoms with Gasteiger partial charge in [-0.1, -0.05) is 13.8 Å². The smallest absolute Gasteiger partial charge is 0.191 e. The number of guanidine groups is 1. The number of ether oxygens (including phenoxy) is 3. The van der Waals surface area contributed by atoms with E-state index in [1.54, 1.807) is 0 Å². The summed E-state index contributed by atoms with van der Waals surface area (Å²) in [5.74, 6) is 2.26. The molecule has 1 unspecified atom stereocenters. The summed E-state index contributed by atoms with van der Waals surface area (Å²) in [6.07, 6.45) is 4.43. The Labute approximate surface area is 177 Å². The quantitative estimate of drug-likeness (QED) is 0.291. The number of rotatable bonds is 12. The second-order valence-corrected chi connectivity index (χ2v) is 8.56. The number of nitrogens with one attached hydrogen (secondary N) is 2. The highest BCUT2D eigenvalue weighted by Gasteiger charge is 2.21. The molecule has 170 valence electrons. The van der Waals surface area contributed by atoms with E-state index in [1.165, 1.54) is 6.42 Å². The van der Waals surface area contributed by atoms with Gasteiger partial charge in [-0.25, -0.2) is 0 Å². The van der Waals surface area contributed by atoms with Gasteiger partial charge in [0.15, 0.2) is 5.96 Å². The van der Waals surface area contributed by atoms with E-state index in [1.807, 2.05) is 0 Å².